The first-order chi connectivity index (χ1) is 13.2. The number of amidine groups is 1. The Morgan fingerprint density at radius 2 is 2.11 bits per heavy atom. The number of pyridine rings is 1. The SMILES string of the molecule is COc1ccc(-c2cc(NC3=NC[C@@]4(CN5CCC4CC5)O3)ncn2)cn1. The Kier molecular flexibility index (Phi) is 3.93. The molecule has 140 valence electrons. The maximum atomic E-state index is 6.31. The Balaban J connectivity index is 1.30. The van der Waals surface area contributed by atoms with Crippen LogP contribution in [0.1, 0.15) is 12.8 Å². The van der Waals surface area contributed by atoms with Gasteiger partial charge in [0.25, 0.3) is 6.02 Å². The van der Waals surface area contributed by atoms with E-state index in [4.69, 9.17) is 9.47 Å². The molecule has 2 bridgehead atoms. The first kappa shape index (κ1) is 16.4. The summed E-state index contributed by atoms with van der Waals surface area (Å²) in [6.07, 6.45) is 5.66. The number of methoxy groups -OCH3 is 1. The zero-order chi connectivity index (χ0) is 18.3. The van der Waals surface area contributed by atoms with Gasteiger partial charge in [0.1, 0.15) is 17.7 Å². The normalized spacial score (nSPS) is 28.7. The number of fused-ring (bicyclic) bond motifs is 2. The second-order valence-electron chi connectivity index (χ2n) is 7.34. The summed E-state index contributed by atoms with van der Waals surface area (Å²) in [5, 5.41) is 3.22. The largest absolute Gasteiger partial charge is 0.481 e. The van der Waals surface area contributed by atoms with Crippen molar-refractivity contribution in [1.29, 1.82) is 0 Å². The Hall–Kier alpha value is -2.74. The molecular weight excluding hydrogens is 344 g/mol. The lowest BCUT2D eigenvalue weighted by atomic mass is 9.75. The fourth-order valence-electron chi connectivity index (χ4n) is 4.29. The molecule has 1 N–H and O–H groups in total. The van der Waals surface area contributed by atoms with Gasteiger partial charge in [-0.25, -0.2) is 19.9 Å². The van der Waals surface area contributed by atoms with Gasteiger partial charge in [0.05, 0.1) is 19.3 Å². The molecule has 4 aliphatic heterocycles. The summed E-state index contributed by atoms with van der Waals surface area (Å²) in [5.74, 6) is 1.83. The van der Waals surface area contributed by atoms with Gasteiger partial charge in [-0.3, -0.25) is 10.2 Å². The lowest BCUT2D eigenvalue weighted by Gasteiger charge is -2.50. The quantitative estimate of drug-likeness (QED) is 0.887. The molecule has 0 amide bonds. The molecule has 1 spiro atoms. The van der Waals surface area contributed by atoms with Crippen LogP contribution in [0.15, 0.2) is 35.7 Å². The van der Waals surface area contributed by atoms with Crippen LogP contribution in [0.2, 0.25) is 0 Å². The first-order valence-corrected chi connectivity index (χ1v) is 9.29. The van der Waals surface area contributed by atoms with E-state index < -0.39 is 0 Å². The topological polar surface area (TPSA) is 84.8 Å². The minimum Gasteiger partial charge on any atom is -0.481 e. The number of hydrogen-bond donors (Lipinski definition) is 1. The molecule has 3 saturated heterocycles. The summed E-state index contributed by atoms with van der Waals surface area (Å²) in [4.78, 5) is 20.0. The minimum absolute atomic E-state index is 0.158. The van der Waals surface area contributed by atoms with Crippen LogP contribution >= 0.6 is 0 Å². The summed E-state index contributed by atoms with van der Waals surface area (Å²) >= 11 is 0. The highest BCUT2D eigenvalue weighted by Crippen LogP contribution is 2.40. The van der Waals surface area contributed by atoms with Crippen molar-refractivity contribution in [3.05, 3.63) is 30.7 Å². The van der Waals surface area contributed by atoms with Crippen LogP contribution in [-0.2, 0) is 4.74 Å². The minimum atomic E-state index is -0.158. The molecule has 2 aromatic rings. The monoisotopic (exact) mass is 366 g/mol. The molecule has 6 rings (SSSR count). The van der Waals surface area contributed by atoms with Crippen LogP contribution in [-0.4, -0.2) is 64.8 Å². The number of rotatable bonds is 3. The average molecular weight is 366 g/mol. The zero-order valence-electron chi connectivity index (χ0n) is 15.3. The van der Waals surface area contributed by atoms with Crippen molar-refractivity contribution in [2.75, 3.05) is 38.6 Å². The molecule has 6 heterocycles. The van der Waals surface area contributed by atoms with Gasteiger partial charge in [-0.15, -0.1) is 0 Å². The average Bonchev–Trinajstić information content (AvgIpc) is 3.11. The smallest absolute Gasteiger partial charge is 0.291 e. The van der Waals surface area contributed by atoms with Gasteiger partial charge in [-0.2, -0.15) is 0 Å². The fourth-order valence-corrected chi connectivity index (χ4v) is 4.29. The van der Waals surface area contributed by atoms with Crippen molar-refractivity contribution in [1.82, 2.24) is 19.9 Å². The standard InChI is InChI=1S/C19H22N6O2/c1-26-17-3-2-13(9-20-17)15-8-16(23-12-22-15)24-18-21-10-19(27-18)11-25-6-4-14(19)5-7-25/h2-3,8-9,12,14H,4-7,10-11H2,1H3,(H,21,22,23,24)/t19-/m0/s1. The highest BCUT2D eigenvalue weighted by molar-refractivity contribution is 5.90. The number of piperidine rings is 3. The summed E-state index contributed by atoms with van der Waals surface area (Å²) in [6.45, 7) is 4.06. The molecule has 8 heteroatoms. The Bertz CT molecular complexity index is 863. The van der Waals surface area contributed by atoms with E-state index in [0.717, 1.165) is 24.3 Å². The summed E-state index contributed by atoms with van der Waals surface area (Å²) in [5.41, 5.74) is 1.51. The molecule has 27 heavy (non-hydrogen) atoms. The third-order valence-electron chi connectivity index (χ3n) is 5.76. The van der Waals surface area contributed by atoms with Crippen molar-refractivity contribution in [2.24, 2.45) is 10.9 Å². The highest BCUT2D eigenvalue weighted by Gasteiger charge is 2.51. The number of nitrogens with one attached hydrogen (secondary N) is 1. The number of anilines is 1. The molecule has 1 atom stereocenters. The van der Waals surface area contributed by atoms with Crippen molar-refractivity contribution in [3.63, 3.8) is 0 Å². The second-order valence-corrected chi connectivity index (χ2v) is 7.34. The van der Waals surface area contributed by atoms with Gasteiger partial charge in [-0.05, 0) is 32.0 Å². The maximum Gasteiger partial charge on any atom is 0.291 e. The first-order valence-electron chi connectivity index (χ1n) is 9.29. The van der Waals surface area contributed by atoms with Gasteiger partial charge in [0.2, 0.25) is 5.88 Å². The van der Waals surface area contributed by atoms with Crippen molar-refractivity contribution in [2.45, 2.75) is 18.4 Å². The van der Waals surface area contributed by atoms with E-state index in [-0.39, 0.29) is 5.60 Å². The van der Waals surface area contributed by atoms with E-state index in [0.29, 0.717) is 23.6 Å². The van der Waals surface area contributed by atoms with Crippen LogP contribution in [0, 0.1) is 5.92 Å². The predicted molar refractivity (Wildman–Crippen MR) is 101 cm³/mol. The highest BCUT2D eigenvalue weighted by atomic mass is 16.5. The molecular formula is C19H22N6O2. The number of aliphatic imine (C=N–C) groups is 1. The predicted octanol–water partition coefficient (Wildman–Crippen LogP) is 1.81. The fraction of sp³-hybridized carbons (Fsp3) is 0.474. The van der Waals surface area contributed by atoms with Crippen molar-refractivity contribution < 1.29 is 9.47 Å². The lowest BCUT2D eigenvalue weighted by Crippen LogP contribution is -2.61. The summed E-state index contributed by atoms with van der Waals surface area (Å²) in [7, 11) is 1.60. The van der Waals surface area contributed by atoms with Crippen LogP contribution in [0.4, 0.5) is 5.82 Å². The Labute approximate surface area is 157 Å². The molecule has 0 saturated carbocycles. The van der Waals surface area contributed by atoms with Crippen LogP contribution < -0.4 is 10.1 Å². The molecule has 8 nitrogen and oxygen atoms in total. The Morgan fingerprint density at radius 3 is 2.81 bits per heavy atom. The Morgan fingerprint density at radius 1 is 1.22 bits per heavy atom. The molecule has 0 unspecified atom stereocenters. The molecule has 3 fully saturated rings. The number of aromatic nitrogens is 3. The van der Waals surface area contributed by atoms with E-state index >= 15 is 0 Å². The van der Waals surface area contributed by atoms with E-state index in [1.54, 1.807) is 13.3 Å². The number of nitrogens with zero attached hydrogens (tertiary/aromatic N) is 5. The van der Waals surface area contributed by atoms with Gasteiger partial charge < -0.3 is 9.47 Å². The lowest BCUT2D eigenvalue weighted by molar-refractivity contribution is -0.0829. The molecule has 4 aliphatic rings. The van der Waals surface area contributed by atoms with Crippen LogP contribution in [0.5, 0.6) is 5.88 Å². The molecule has 2 aromatic heterocycles. The summed E-state index contributed by atoms with van der Waals surface area (Å²) < 4.78 is 11.4. The number of hydrogen-bond acceptors (Lipinski definition) is 8. The van der Waals surface area contributed by atoms with Crippen molar-refractivity contribution >= 4 is 11.8 Å². The van der Waals surface area contributed by atoms with E-state index in [1.165, 1.54) is 32.3 Å². The third-order valence-corrected chi connectivity index (χ3v) is 5.76. The third kappa shape index (κ3) is 2.99. The maximum absolute atomic E-state index is 6.31. The van der Waals surface area contributed by atoms with Gasteiger partial charge >= 0.3 is 0 Å². The molecule has 0 aliphatic carbocycles. The van der Waals surface area contributed by atoms with Crippen LogP contribution in [0.3, 0.4) is 0 Å². The summed E-state index contributed by atoms with van der Waals surface area (Å²) in [6, 6.07) is 6.16. The van der Waals surface area contributed by atoms with Gasteiger partial charge in [-0.1, -0.05) is 0 Å². The van der Waals surface area contributed by atoms with E-state index in [9.17, 15) is 0 Å². The van der Waals surface area contributed by atoms with Crippen LogP contribution in [0.25, 0.3) is 11.3 Å². The number of ether oxygens (including phenoxy) is 2. The van der Waals surface area contributed by atoms with Crippen molar-refractivity contribution in [3.8, 4) is 17.1 Å². The molecule has 0 aromatic carbocycles. The zero-order valence-corrected chi connectivity index (χ0v) is 15.3. The van der Waals surface area contributed by atoms with Gasteiger partial charge in [0, 0.05) is 36.4 Å². The van der Waals surface area contributed by atoms with E-state index in [1.807, 2.05) is 18.2 Å². The van der Waals surface area contributed by atoms with E-state index in [2.05, 4.69) is 30.2 Å². The van der Waals surface area contributed by atoms with Gasteiger partial charge in [0.15, 0.2) is 0 Å². The molecule has 0 radical (unpaired) electrons. The second kappa shape index (κ2) is 6.45.